The maximum absolute atomic E-state index is 12.0. The van der Waals surface area contributed by atoms with E-state index in [0.717, 1.165) is 0 Å². The molecule has 1 heterocycles. The van der Waals surface area contributed by atoms with E-state index in [0.29, 0.717) is 17.0 Å². The second kappa shape index (κ2) is 5.40. The third-order valence-electron chi connectivity index (χ3n) is 3.04. The molecular formula is C14H18N2O3. The molecule has 1 aliphatic rings. The predicted molar refractivity (Wildman–Crippen MR) is 72.8 cm³/mol. The number of benzene rings is 1. The molecular weight excluding hydrogens is 244 g/mol. The molecule has 5 heteroatoms. The van der Waals surface area contributed by atoms with Crippen molar-refractivity contribution in [2.24, 2.45) is 0 Å². The molecule has 1 aromatic rings. The van der Waals surface area contributed by atoms with E-state index in [1.807, 2.05) is 13.8 Å². The van der Waals surface area contributed by atoms with Gasteiger partial charge in [0.1, 0.15) is 5.75 Å². The third-order valence-corrected chi connectivity index (χ3v) is 3.04. The first kappa shape index (κ1) is 13.5. The lowest BCUT2D eigenvalue weighted by molar-refractivity contribution is -0.120. The maximum atomic E-state index is 12.0. The van der Waals surface area contributed by atoms with Gasteiger partial charge in [0.05, 0.1) is 12.2 Å². The third kappa shape index (κ3) is 2.93. The molecule has 0 atom stereocenters. The molecule has 0 radical (unpaired) electrons. The Kier molecular flexibility index (Phi) is 3.85. The van der Waals surface area contributed by atoms with E-state index < -0.39 is 0 Å². The number of hydrogen-bond acceptors (Lipinski definition) is 4. The normalized spacial score (nSPS) is 14.3. The quantitative estimate of drug-likeness (QED) is 0.829. The van der Waals surface area contributed by atoms with E-state index >= 15 is 0 Å². The van der Waals surface area contributed by atoms with Crippen molar-refractivity contribution in [2.45, 2.75) is 19.9 Å². The lowest BCUT2D eigenvalue weighted by Gasteiger charge is -2.26. The van der Waals surface area contributed by atoms with Crippen LogP contribution in [0, 0.1) is 0 Å². The fraction of sp³-hybridized carbons (Fsp3) is 0.429. The molecule has 5 nitrogen and oxygen atoms in total. The van der Waals surface area contributed by atoms with E-state index in [-0.39, 0.29) is 30.9 Å². The van der Waals surface area contributed by atoms with Gasteiger partial charge in [-0.15, -0.1) is 0 Å². The lowest BCUT2D eigenvalue weighted by Crippen LogP contribution is -2.35. The SMILES string of the molecule is CC(C)NCC(=O)c1ccc2c(c1)N(C)C(=O)CO2. The number of carbonyl (C=O) groups excluding carboxylic acids is 2. The van der Waals surface area contributed by atoms with Gasteiger partial charge in [0.15, 0.2) is 12.4 Å². The van der Waals surface area contributed by atoms with Crippen LogP contribution in [0.25, 0.3) is 0 Å². The first-order chi connectivity index (χ1) is 8.99. The van der Waals surface area contributed by atoms with Gasteiger partial charge in [0.25, 0.3) is 5.91 Å². The van der Waals surface area contributed by atoms with Crippen LogP contribution in [0.15, 0.2) is 18.2 Å². The van der Waals surface area contributed by atoms with Gasteiger partial charge in [-0.05, 0) is 18.2 Å². The minimum atomic E-state index is -0.114. The van der Waals surface area contributed by atoms with Gasteiger partial charge in [-0.3, -0.25) is 9.59 Å². The number of amides is 1. The van der Waals surface area contributed by atoms with Gasteiger partial charge in [0, 0.05) is 18.7 Å². The predicted octanol–water partition coefficient (Wildman–Crippen LogP) is 1.22. The molecule has 0 saturated heterocycles. The molecule has 102 valence electrons. The summed E-state index contributed by atoms with van der Waals surface area (Å²) in [7, 11) is 1.68. The van der Waals surface area contributed by atoms with Gasteiger partial charge in [-0.25, -0.2) is 0 Å². The van der Waals surface area contributed by atoms with E-state index in [1.54, 1.807) is 25.2 Å². The molecule has 1 N–H and O–H groups in total. The Balaban J connectivity index is 2.20. The molecule has 0 aromatic heterocycles. The Morgan fingerprint density at radius 2 is 2.21 bits per heavy atom. The van der Waals surface area contributed by atoms with Gasteiger partial charge < -0.3 is 15.0 Å². The van der Waals surface area contributed by atoms with Crippen molar-refractivity contribution >= 4 is 17.4 Å². The zero-order valence-electron chi connectivity index (χ0n) is 11.4. The van der Waals surface area contributed by atoms with Gasteiger partial charge >= 0.3 is 0 Å². The number of carbonyl (C=O) groups is 2. The number of nitrogens with zero attached hydrogens (tertiary/aromatic N) is 1. The van der Waals surface area contributed by atoms with Crippen molar-refractivity contribution in [3.05, 3.63) is 23.8 Å². The molecule has 0 unspecified atom stereocenters. The number of fused-ring (bicyclic) bond motifs is 1. The van der Waals surface area contributed by atoms with Crippen LogP contribution in [0.5, 0.6) is 5.75 Å². The van der Waals surface area contributed by atoms with Crippen molar-refractivity contribution in [3.63, 3.8) is 0 Å². The number of rotatable bonds is 4. The van der Waals surface area contributed by atoms with Crippen LogP contribution >= 0.6 is 0 Å². The molecule has 1 amide bonds. The molecule has 0 bridgehead atoms. The van der Waals surface area contributed by atoms with Gasteiger partial charge in [-0.2, -0.15) is 0 Å². The highest BCUT2D eigenvalue weighted by Gasteiger charge is 2.23. The second-order valence-corrected chi connectivity index (χ2v) is 4.88. The van der Waals surface area contributed by atoms with E-state index in [4.69, 9.17) is 4.74 Å². The minimum absolute atomic E-state index is 0.00271. The Labute approximate surface area is 112 Å². The Bertz CT molecular complexity index is 511. The number of nitrogens with one attached hydrogen (secondary N) is 1. The fourth-order valence-electron chi connectivity index (χ4n) is 1.84. The first-order valence-corrected chi connectivity index (χ1v) is 6.29. The van der Waals surface area contributed by atoms with Crippen molar-refractivity contribution < 1.29 is 14.3 Å². The topological polar surface area (TPSA) is 58.6 Å². The highest BCUT2D eigenvalue weighted by molar-refractivity contribution is 6.02. The number of ether oxygens (including phenoxy) is 1. The summed E-state index contributed by atoms with van der Waals surface area (Å²) >= 11 is 0. The zero-order valence-corrected chi connectivity index (χ0v) is 11.4. The molecule has 0 spiro atoms. The summed E-state index contributed by atoms with van der Waals surface area (Å²) < 4.78 is 5.32. The average Bonchev–Trinajstić information content (AvgIpc) is 2.40. The summed E-state index contributed by atoms with van der Waals surface area (Å²) in [5.74, 6) is 0.524. The summed E-state index contributed by atoms with van der Waals surface area (Å²) in [6, 6.07) is 5.43. The average molecular weight is 262 g/mol. The minimum Gasteiger partial charge on any atom is -0.482 e. The number of ketones is 1. The van der Waals surface area contributed by atoms with E-state index in [1.165, 1.54) is 4.90 Å². The Hall–Kier alpha value is -1.88. The summed E-state index contributed by atoms with van der Waals surface area (Å²) in [5, 5.41) is 3.08. The van der Waals surface area contributed by atoms with Crippen LogP contribution in [0.4, 0.5) is 5.69 Å². The van der Waals surface area contributed by atoms with Crippen LogP contribution < -0.4 is 15.0 Å². The highest BCUT2D eigenvalue weighted by atomic mass is 16.5. The van der Waals surface area contributed by atoms with Crippen LogP contribution in [0.1, 0.15) is 24.2 Å². The molecule has 0 aliphatic carbocycles. The summed E-state index contributed by atoms with van der Waals surface area (Å²) in [6.07, 6.45) is 0. The summed E-state index contributed by atoms with van der Waals surface area (Å²) in [4.78, 5) is 25.1. The number of likely N-dealkylation sites (N-methyl/N-ethyl adjacent to an activating group) is 1. The van der Waals surface area contributed by atoms with Crippen molar-refractivity contribution in [1.82, 2.24) is 5.32 Å². The number of hydrogen-bond donors (Lipinski definition) is 1. The van der Waals surface area contributed by atoms with Crippen molar-refractivity contribution in [2.75, 3.05) is 25.1 Å². The molecule has 19 heavy (non-hydrogen) atoms. The zero-order chi connectivity index (χ0) is 14.0. The second-order valence-electron chi connectivity index (χ2n) is 4.88. The largest absolute Gasteiger partial charge is 0.482 e. The maximum Gasteiger partial charge on any atom is 0.264 e. The molecule has 0 saturated carbocycles. The summed E-state index contributed by atoms with van der Waals surface area (Å²) in [5.41, 5.74) is 1.23. The molecule has 1 aliphatic heterocycles. The van der Waals surface area contributed by atoms with E-state index in [9.17, 15) is 9.59 Å². The first-order valence-electron chi connectivity index (χ1n) is 6.29. The fourth-order valence-corrected chi connectivity index (χ4v) is 1.84. The monoisotopic (exact) mass is 262 g/mol. The Morgan fingerprint density at radius 3 is 2.89 bits per heavy atom. The van der Waals surface area contributed by atoms with Gasteiger partial charge in [0.2, 0.25) is 0 Å². The van der Waals surface area contributed by atoms with E-state index in [2.05, 4.69) is 5.32 Å². The van der Waals surface area contributed by atoms with Crippen LogP contribution in [-0.4, -0.2) is 37.9 Å². The standard InChI is InChI=1S/C14H18N2O3/c1-9(2)15-7-12(17)10-4-5-13-11(6-10)16(3)14(18)8-19-13/h4-6,9,15H,7-8H2,1-3H3. The van der Waals surface area contributed by atoms with Crippen LogP contribution in [-0.2, 0) is 4.79 Å². The number of Topliss-reactive ketones (excluding diaryl/α,β-unsaturated/α-hetero) is 1. The molecule has 1 aromatic carbocycles. The summed E-state index contributed by atoms with van der Waals surface area (Å²) in [6.45, 7) is 4.31. The lowest BCUT2D eigenvalue weighted by atomic mass is 10.1. The molecule has 0 fully saturated rings. The number of anilines is 1. The smallest absolute Gasteiger partial charge is 0.264 e. The Morgan fingerprint density at radius 1 is 1.47 bits per heavy atom. The molecule has 2 rings (SSSR count). The van der Waals surface area contributed by atoms with Crippen molar-refractivity contribution in [3.8, 4) is 5.75 Å². The highest BCUT2D eigenvalue weighted by Crippen LogP contribution is 2.31. The van der Waals surface area contributed by atoms with Gasteiger partial charge in [-0.1, -0.05) is 13.8 Å². The van der Waals surface area contributed by atoms with Crippen LogP contribution in [0.2, 0.25) is 0 Å². The van der Waals surface area contributed by atoms with Crippen LogP contribution in [0.3, 0.4) is 0 Å². The van der Waals surface area contributed by atoms with Crippen molar-refractivity contribution in [1.29, 1.82) is 0 Å².